The molecule has 2 heterocycles. The van der Waals surface area contributed by atoms with E-state index in [0.717, 1.165) is 23.4 Å². The lowest BCUT2D eigenvalue weighted by atomic mass is 10.4. The average molecular weight is 295 g/mol. The molecule has 0 aliphatic carbocycles. The number of imidazole rings is 1. The van der Waals surface area contributed by atoms with Crippen LogP contribution in [0.1, 0.15) is 26.5 Å². The summed E-state index contributed by atoms with van der Waals surface area (Å²) in [6.07, 6.45) is 0. The summed E-state index contributed by atoms with van der Waals surface area (Å²) in [5.74, 6) is 0.0773. The minimum atomic E-state index is 0.0773. The molecular weight excluding hydrogens is 274 g/mol. The molecule has 7 heteroatoms. The first-order valence-corrected chi connectivity index (χ1v) is 7.37. The number of carbonyl (C=O) groups is 1. The maximum Gasteiger partial charge on any atom is 0.242 e. The molecule has 0 fully saturated rings. The van der Waals surface area contributed by atoms with Crippen LogP contribution >= 0.6 is 12.2 Å². The molecular formula is C13H21N5OS. The normalized spacial score (nSPS) is 11.2. The summed E-state index contributed by atoms with van der Waals surface area (Å²) in [7, 11) is 0. The summed E-state index contributed by atoms with van der Waals surface area (Å²) in [6.45, 7) is 10.4. The molecule has 0 aliphatic heterocycles. The van der Waals surface area contributed by atoms with Gasteiger partial charge in [0.25, 0.3) is 0 Å². The van der Waals surface area contributed by atoms with Gasteiger partial charge in [-0.3, -0.25) is 9.36 Å². The van der Waals surface area contributed by atoms with Gasteiger partial charge in [0, 0.05) is 19.6 Å². The number of H-pyrrole nitrogens is 1. The number of rotatable bonds is 5. The molecule has 0 saturated heterocycles. The van der Waals surface area contributed by atoms with Gasteiger partial charge >= 0.3 is 0 Å². The van der Waals surface area contributed by atoms with Gasteiger partial charge in [-0.2, -0.15) is 5.10 Å². The molecule has 0 unspecified atom stereocenters. The average Bonchev–Trinajstić information content (AvgIpc) is 2.90. The predicted molar refractivity (Wildman–Crippen MR) is 81.2 cm³/mol. The number of amides is 1. The maximum absolute atomic E-state index is 12.3. The third-order valence-corrected chi connectivity index (χ3v) is 3.86. The van der Waals surface area contributed by atoms with E-state index in [0.29, 0.717) is 17.9 Å². The van der Waals surface area contributed by atoms with E-state index in [2.05, 4.69) is 10.1 Å². The van der Waals surface area contributed by atoms with E-state index in [-0.39, 0.29) is 12.5 Å². The van der Waals surface area contributed by atoms with Crippen LogP contribution in [0.5, 0.6) is 0 Å². The zero-order valence-electron chi connectivity index (χ0n) is 12.4. The number of hydrogen-bond donors (Lipinski definition) is 1. The number of nitrogens with zero attached hydrogens (tertiary/aromatic N) is 4. The molecule has 0 aromatic carbocycles. The number of fused-ring (bicyclic) bond motifs is 1. The van der Waals surface area contributed by atoms with Crippen LogP contribution in [0.3, 0.4) is 0 Å². The van der Waals surface area contributed by atoms with Gasteiger partial charge < -0.3 is 9.88 Å². The van der Waals surface area contributed by atoms with Crippen molar-refractivity contribution in [2.24, 2.45) is 0 Å². The Bertz CT molecular complexity index is 677. The summed E-state index contributed by atoms with van der Waals surface area (Å²) in [5.41, 5.74) is 2.72. The van der Waals surface area contributed by atoms with Crippen LogP contribution in [0.25, 0.3) is 11.2 Å². The molecule has 2 aromatic heterocycles. The number of likely N-dealkylation sites (N-methyl/N-ethyl adjacent to an activating group) is 1. The molecule has 0 atom stereocenters. The summed E-state index contributed by atoms with van der Waals surface area (Å²) < 4.78 is 4.30. The Labute approximate surface area is 123 Å². The molecule has 20 heavy (non-hydrogen) atoms. The van der Waals surface area contributed by atoms with Crippen molar-refractivity contribution in [2.45, 2.75) is 40.8 Å². The largest absolute Gasteiger partial charge is 0.342 e. The summed E-state index contributed by atoms with van der Waals surface area (Å²) in [6, 6.07) is 0. The Morgan fingerprint density at radius 3 is 2.55 bits per heavy atom. The molecule has 6 nitrogen and oxygen atoms in total. The first-order valence-electron chi connectivity index (χ1n) is 6.97. The second-order valence-electron chi connectivity index (χ2n) is 4.68. The van der Waals surface area contributed by atoms with Crippen LogP contribution in [0.2, 0.25) is 0 Å². The van der Waals surface area contributed by atoms with Crippen LogP contribution in [0.4, 0.5) is 0 Å². The molecule has 1 N–H and O–H groups in total. The van der Waals surface area contributed by atoms with E-state index in [9.17, 15) is 4.79 Å². The second-order valence-corrected chi connectivity index (χ2v) is 5.07. The van der Waals surface area contributed by atoms with Crippen molar-refractivity contribution in [1.29, 1.82) is 0 Å². The molecule has 1 amide bonds. The third-order valence-electron chi connectivity index (χ3n) is 3.54. The number of aromatic amines is 1. The fourth-order valence-electron chi connectivity index (χ4n) is 2.44. The molecule has 0 aliphatic rings. The first kappa shape index (κ1) is 14.8. The van der Waals surface area contributed by atoms with Crippen molar-refractivity contribution in [2.75, 3.05) is 13.1 Å². The zero-order valence-corrected chi connectivity index (χ0v) is 13.3. The van der Waals surface area contributed by atoms with Crippen molar-refractivity contribution >= 4 is 29.3 Å². The monoisotopic (exact) mass is 295 g/mol. The van der Waals surface area contributed by atoms with Crippen LogP contribution in [-0.4, -0.2) is 43.2 Å². The van der Waals surface area contributed by atoms with Gasteiger partial charge in [0.05, 0.1) is 5.69 Å². The third kappa shape index (κ3) is 2.37. The Kier molecular flexibility index (Phi) is 4.27. The van der Waals surface area contributed by atoms with E-state index >= 15 is 0 Å². The number of nitrogens with one attached hydrogen (secondary N) is 1. The number of hydrogen-bond acceptors (Lipinski definition) is 3. The van der Waals surface area contributed by atoms with Crippen molar-refractivity contribution in [3.05, 3.63) is 10.5 Å². The number of carbonyl (C=O) groups excluding carboxylic acids is 1. The van der Waals surface area contributed by atoms with E-state index in [1.54, 1.807) is 4.90 Å². The van der Waals surface area contributed by atoms with Crippen molar-refractivity contribution < 1.29 is 4.79 Å². The number of aryl methyl sites for hydroxylation is 2. The molecule has 2 rings (SSSR count). The number of aromatic nitrogens is 4. The highest BCUT2D eigenvalue weighted by molar-refractivity contribution is 7.71. The standard InChI is InChI=1S/C13H21N5OS/c1-5-16(6-2)10(19)8-17-12-11(14-13(17)20)9(4)15-18(12)7-3/h5-8H2,1-4H3,(H,14,20). The lowest BCUT2D eigenvalue weighted by molar-refractivity contribution is -0.131. The predicted octanol–water partition coefficient (Wildman–Crippen LogP) is 2.09. The lowest BCUT2D eigenvalue weighted by Gasteiger charge is -2.19. The van der Waals surface area contributed by atoms with Gasteiger partial charge in [-0.15, -0.1) is 0 Å². The summed E-state index contributed by atoms with van der Waals surface area (Å²) in [5, 5.41) is 4.46. The molecule has 0 radical (unpaired) electrons. The zero-order chi connectivity index (χ0) is 14.9. The Balaban J connectivity index is 2.46. The Morgan fingerprint density at radius 2 is 2.00 bits per heavy atom. The van der Waals surface area contributed by atoms with Crippen molar-refractivity contribution in [1.82, 2.24) is 24.2 Å². The van der Waals surface area contributed by atoms with E-state index < -0.39 is 0 Å². The van der Waals surface area contributed by atoms with E-state index in [4.69, 9.17) is 12.2 Å². The van der Waals surface area contributed by atoms with Gasteiger partial charge in [-0.1, -0.05) is 0 Å². The minimum Gasteiger partial charge on any atom is -0.342 e. The van der Waals surface area contributed by atoms with E-state index in [1.165, 1.54) is 0 Å². The first-order chi connectivity index (χ1) is 9.53. The van der Waals surface area contributed by atoms with Crippen molar-refractivity contribution in [3.63, 3.8) is 0 Å². The highest BCUT2D eigenvalue weighted by Crippen LogP contribution is 2.18. The van der Waals surface area contributed by atoms with Gasteiger partial charge in [-0.05, 0) is 39.9 Å². The topological polar surface area (TPSA) is 58.9 Å². The van der Waals surface area contributed by atoms with Crippen molar-refractivity contribution in [3.8, 4) is 0 Å². The quantitative estimate of drug-likeness (QED) is 0.859. The summed E-state index contributed by atoms with van der Waals surface area (Å²) in [4.78, 5) is 17.3. The van der Waals surface area contributed by atoms with Gasteiger partial charge in [-0.25, -0.2) is 4.68 Å². The second kappa shape index (κ2) is 5.78. The fraction of sp³-hybridized carbons (Fsp3) is 0.615. The maximum atomic E-state index is 12.3. The molecule has 110 valence electrons. The lowest BCUT2D eigenvalue weighted by Crippen LogP contribution is -2.33. The van der Waals surface area contributed by atoms with E-state index in [1.807, 2.05) is 36.9 Å². The van der Waals surface area contributed by atoms with Crippen LogP contribution in [0.15, 0.2) is 0 Å². The minimum absolute atomic E-state index is 0.0773. The SMILES string of the molecule is CCN(CC)C(=O)Cn1c(=S)[nH]c2c(C)nn(CC)c21. The molecule has 0 bridgehead atoms. The van der Waals surface area contributed by atoms with Gasteiger partial charge in [0.1, 0.15) is 12.1 Å². The fourth-order valence-corrected chi connectivity index (χ4v) is 2.69. The highest BCUT2D eigenvalue weighted by atomic mass is 32.1. The van der Waals surface area contributed by atoms with Crippen LogP contribution < -0.4 is 0 Å². The smallest absolute Gasteiger partial charge is 0.242 e. The Morgan fingerprint density at radius 1 is 1.35 bits per heavy atom. The Hall–Kier alpha value is -1.63. The van der Waals surface area contributed by atoms with Gasteiger partial charge in [0.2, 0.25) is 5.91 Å². The molecule has 2 aromatic rings. The van der Waals surface area contributed by atoms with Crippen LogP contribution in [-0.2, 0) is 17.9 Å². The summed E-state index contributed by atoms with van der Waals surface area (Å²) >= 11 is 5.35. The van der Waals surface area contributed by atoms with Crippen LogP contribution in [0, 0.1) is 11.7 Å². The highest BCUT2D eigenvalue weighted by Gasteiger charge is 2.17. The van der Waals surface area contributed by atoms with Gasteiger partial charge in [0.15, 0.2) is 10.4 Å². The molecule has 0 saturated carbocycles. The molecule has 0 spiro atoms.